The molecule has 2 aliphatic rings. The molecule has 0 aromatic carbocycles. The van der Waals surface area contributed by atoms with Crippen LogP contribution in [0.5, 0.6) is 0 Å². The molecule has 0 spiro atoms. The van der Waals surface area contributed by atoms with E-state index in [0.717, 1.165) is 45.2 Å². The summed E-state index contributed by atoms with van der Waals surface area (Å²) in [6, 6.07) is 4.36. The van der Waals surface area contributed by atoms with E-state index in [0.29, 0.717) is 0 Å². The minimum atomic E-state index is 0.818. The molecule has 0 bridgehead atoms. The van der Waals surface area contributed by atoms with E-state index in [1.165, 1.54) is 11.3 Å². The number of ether oxygens (including phenoxy) is 1. The van der Waals surface area contributed by atoms with Crippen molar-refractivity contribution >= 4 is 5.82 Å². The number of aromatic nitrogens is 1. The average molecular weight is 219 g/mol. The molecule has 0 N–H and O–H groups in total. The van der Waals surface area contributed by atoms with Gasteiger partial charge in [-0.05, 0) is 18.7 Å². The predicted octanol–water partition coefficient (Wildman–Crippen LogP) is 0.864. The molecule has 3 rings (SSSR count). The quantitative estimate of drug-likeness (QED) is 0.700. The third kappa shape index (κ3) is 1.79. The van der Waals surface area contributed by atoms with Crippen LogP contribution in [0.15, 0.2) is 12.1 Å². The Morgan fingerprint density at radius 3 is 2.81 bits per heavy atom. The molecule has 4 heteroatoms. The fourth-order valence-corrected chi connectivity index (χ4v) is 2.37. The van der Waals surface area contributed by atoms with Crippen LogP contribution in [0.3, 0.4) is 0 Å². The van der Waals surface area contributed by atoms with Crippen LogP contribution in [-0.2, 0) is 17.8 Å². The van der Waals surface area contributed by atoms with Crippen LogP contribution in [0, 0.1) is 0 Å². The lowest BCUT2D eigenvalue weighted by molar-refractivity contribution is 0.122. The van der Waals surface area contributed by atoms with Gasteiger partial charge in [-0.3, -0.25) is 4.90 Å². The molecule has 1 aromatic heterocycles. The third-order valence-corrected chi connectivity index (χ3v) is 3.25. The van der Waals surface area contributed by atoms with E-state index in [2.05, 4.69) is 29.0 Å². The molecule has 16 heavy (non-hydrogen) atoms. The van der Waals surface area contributed by atoms with E-state index in [1.807, 2.05) is 0 Å². The molecular weight excluding hydrogens is 202 g/mol. The Morgan fingerprint density at radius 2 is 2.00 bits per heavy atom. The molecule has 1 saturated heterocycles. The number of hydrogen-bond acceptors (Lipinski definition) is 4. The van der Waals surface area contributed by atoms with Crippen molar-refractivity contribution in [3.8, 4) is 0 Å². The van der Waals surface area contributed by atoms with Gasteiger partial charge in [0.1, 0.15) is 5.82 Å². The summed E-state index contributed by atoms with van der Waals surface area (Å²) in [5, 5.41) is 0. The summed E-state index contributed by atoms with van der Waals surface area (Å²) in [7, 11) is 2.14. The topological polar surface area (TPSA) is 28.6 Å². The fourth-order valence-electron chi connectivity index (χ4n) is 2.37. The number of nitrogens with zero attached hydrogens (tertiary/aromatic N) is 3. The number of morpholine rings is 1. The molecule has 2 aliphatic heterocycles. The van der Waals surface area contributed by atoms with E-state index in [4.69, 9.17) is 9.72 Å². The maximum Gasteiger partial charge on any atom is 0.129 e. The van der Waals surface area contributed by atoms with Crippen molar-refractivity contribution in [2.45, 2.75) is 13.1 Å². The van der Waals surface area contributed by atoms with Crippen molar-refractivity contribution in [3.63, 3.8) is 0 Å². The van der Waals surface area contributed by atoms with Gasteiger partial charge in [0.2, 0.25) is 0 Å². The monoisotopic (exact) mass is 219 g/mol. The van der Waals surface area contributed by atoms with Crippen molar-refractivity contribution in [2.24, 2.45) is 0 Å². The Hall–Kier alpha value is -1.13. The number of rotatable bonds is 1. The SMILES string of the molecule is CN1Cc2ccc(N3CCOCC3)nc2C1. The first-order valence-corrected chi connectivity index (χ1v) is 5.83. The molecule has 1 fully saturated rings. The molecule has 0 unspecified atom stereocenters. The summed E-state index contributed by atoms with van der Waals surface area (Å²) in [5.74, 6) is 1.11. The molecule has 0 amide bonds. The Bertz CT molecular complexity index is 388. The van der Waals surface area contributed by atoms with Gasteiger partial charge in [-0.25, -0.2) is 4.98 Å². The summed E-state index contributed by atoms with van der Waals surface area (Å²) >= 11 is 0. The molecule has 4 nitrogen and oxygen atoms in total. The number of pyridine rings is 1. The van der Waals surface area contributed by atoms with Crippen LogP contribution >= 0.6 is 0 Å². The van der Waals surface area contributed by atoms with Crippen molar-refractivity contribution in [1.29, 1.82) is 0 Å². The van der Waals surface area contributed by atoms with Crippen LogP contribution in [0.4, 0.5) is 5.82 Å². The third-order valence-electron chi connectivity index (χ3n) is 3.25. The van der Waals surface area contributed by atoms with Gasteiger partial charge in [-0.2, -0.15) is 0 Å². The molecule has 0 saturated carbocycles. The zero-order valence-electron chi connectivity index (χ0n) is 9.65. The molecular formula is C12H17N3O. The lowest BCUT2D eigenvalue weighted by Gasteiger charge is -2.28. The van der Waals surface area contributed by atoms with Gasteiger partial charge >= 0.3 is 0 Å². The molecule has 0 radical (unpaired) electrons. The smallest absolute Gasteiger partial charge is 0.129 e. The fraction of sp³-hybridized carbons (Fsp3) is 0.583. The van der Waals surface area contributed by atoms with E-state index in [-0.39, 0.29) is 0 Å². The highest BCUT2D eigenvalue weighted by molar-refractivity contribution is 5.43. The molecule has 3 heterocycles. The largest absolute Gasteiger partial charge is 0.378 e. The maximum atomic E-state index is 5.35. The normalized spacial score (nSPS) is 21.2. The van der Waals surface area contributed by atoms with Crippen LogP contribution in [0.25, 0.3) is 0 Å². The molecule has 1 aromatic rings. The first-order chi connectivity index (χ1) is 7.83. The Kier molecular flexibility index (Phi) is 2.53. The molecule has 86 valence electrons. The van der Waals surface area contributed by atoms with Crippen LogP contribution in [-0.4, -0.2) is 43.2 Å². The minimum absolute atomic E-state index is 0.818. The van der Waals surface area contributed by atoms with Crippen molar-refractivity contribution in [1.82, 2.24) is 9.88 Å². The van der Waals surface area contributed by atoms with E-state index in [9.17, 15) is 0 Å². The summed E-state index contributed by atoms with van der Waals surface area (Å²) in [6.07, 6.45) is 0. The molecule has 0 atom stereocenters. The Balaban J connectivity index is 1.84. The van der Waals surface area contributed by atoms with Gasteiger partial charge < -0.3 is 9.64 Å². The zero-order valence-corrected chi connectivity index (χ0v) is 9.65. The van der Waals surface area contributed by atoms with Gasteiger partial charge in [0, 0.05) is 26.2 Å². The average Bonchev–Trinajstić information content (AvgIpc) is 2.69. The standard InChI is InChI=1S/C12H17N3O/c1-14-8-10-2-3-12(13-11(10)9-14)15-4-6-16-7-5-15/h2-3H,4-9H2,1H3. The van der Waals surface area contributed by atoms with E-state index >= 15 is 0 Å². The summed E-state index contributed by atoms with van der Waals surface area (Å²) < 4.78 is 5.35. The van der Waals surface area contributed by atoms with Crippen LogP contribution in [0.1, 0.15) is 11.3 Å². The second kappa shape index (κ2) is 4.03. The summed E-state index contributed by atoms with van der Waals surface area (Å²) in [6.45, 7) is 5.57. The van der Waals surface area contributed by atoms with Crippen LogP contribution in [0.2, 0.25) is 0 Å². The van der Waals surface area contributed by atoms with E-state index in [1.54, 1.807) is 0 Å². The minimum Gasteiger partial charge on any atom is -0.378 e. The predicted molar refractivity (Wildman–Crippen MR) is 62.4 cm³/mol. The highest BCUT2D eigenvalue weighted by atomic mass is 16.5. The first kappa shape index (κ1) is 10.1. The van der Waals surface area contributed by atoms with Crippen molar-refractivity contribution in [2.75, 3.05) is 38.3 Å². The Labute approximate surface area is 95.8 Å². The Morgan fingerprint density at radius 1 is 1.19 bits per heavy atom. The molecule has 0 aliphatic carbocycles. The highest BCUT2D eigenvalue weighted by Crippen LogP contribution is 2.23. The maximum absolute atomic E-state index is 5.35. The highest BCUT2D eigenvalue weighted by Gasteiger charge is 2.19. The van der Waals surface area contributed by atoms with Gasteiger partial charge in [0.05, 0.1) is 18.9 Å². The lowest BCUT2D eigenvalue weighted by Crippen LogP contribution is -2.36. The zero-order chi connectivity index (χ0) is 11.0. The second-order valence-electron chi connectivity index (χ2n) is 4.55. The number of hydrogen-bond donors (Lipinski definition) is 0. The number of fused-ring (bicyclic) bond motifs is 1. The van der Waals surface area contributed by atoms with Gasteiger partial charge in [0.25, 0.3) is 0 Å². The van der Waals surface area contributed by atoms with Crippen molar-refractivity contribution < 1.29 is 4.74 Å². The van der Waals surface area contributed by atoms with Gasteiger partial charge in [-0.1, -0.05) is 6.07 Å². The van der Waals surface area contributed by atoms with E-state index < -0.39 is 0 Å². The van der Waals surface area contributed by atoms with Gasteiger partial charge in [0.15, 0.2) is 0 Å². The second-order valence-corrected chi connectivity index (χ2v) is 4.55. The van der Waals surface area contributed by atoms with Gasteiger partial charge in [-0.15, -0.1) is 0 Å². The first-order valence-electron chi connectivity index (χ1n) is 5.83. The lowest BCUT2D eigenvalue weighted by atomic mass is 10.2. The summed E-state index contributed by atoms with van der Waals surface area (Å²) in [4.78, 5) is 9.36. The number of anilines is 1. The van der Waals surface area contributed by atoms with Crippen LogP contribution < -0.4 is 4.90 Å². The van der Waals surface area contributed by atoms with Crippen molar-refractivity contribution in [3.05, 3.63) is 23.4 Å². The summed E-state index contributed by atoms with van der Waals surface area (Å²) in [5.41, 5.74) is 2.62.